The van der Waals surface area contributed by atoms with Crippen molar-refractivity contribution >= 4 is 46.7 Å². The molecule has 0 atom stereocenters. The number of carbonyl (C=O) groups excluding carboxylic acids is 1. The Kier molecular flexibility index (Phi) is 8.84. The average Bonchev–Trinajstić information content (AvgIpc) is 3.12. The first kappa shape index (κ1) is 22.6. The van der Waals surface area contributed by atoms with Crippen molar-refractivity contribution in [3.8, 4) is 0 Å². The Morgan fingerprint density at radius 1 is 1.17 bits per heavy atom. The third kappa shape index (κ3) is 6.41. The van der Waals surface area contributed by atoms with Crippen LogP contribution in [-0.4, -0.2) is 48.5 Å². The molecule has 1 aromatic carbocycles. The smallest absolute Gasteiger partial charge is 0.252 e. The zero-order valence-corrected chi connectivity index (χ0v) is 18.4. The number of guanidine groups is 1. The molecular weight excluding hydrogens is 486 g/mol. The molecule has 4 N–H and O–H groups in total. The lowest BCUT2D eigenvalue weighted by Crippen LogP contribution is -2.42. The molecule has 0 radical (unpaired) electrons. The molecule has 0 saturated heterocycles. The minimum Gasteiger partial charge on any atom is -0.361 e. The van der Waals surface area contributed by atoms with Gasteiger partial charge in [0.15, 0.2) is 5.96 Å². The van der Waals surface area contributed by atoms with Gasteiger partial charge in [0, 0.05) is 56.2 Å². The van der Waals surface area contributed by atoms with Crippen molar-refractivity contribution < 1.29 is 9.18 Å². The quantitative estimate of drug-likeness (QED) is 0.170. The van der Waals surface area contributed by atoms with Crippen LogP contribution in [0.25, 0.3) is 10.9 Å². The summed E-state index contributed by atoms with van der Waals surface area (Å²) in [6, 6.07) is 8.19. The summed E-state index contributed by atoms with van der Waals surface area (Å²) < 4.78 is 13.3. The van der Waals surface area contributed by atoms with Crippen LogP contribution in [-0.2, 0) is 6.42 Å². The molecule has 0 aliphatic carbocycles. The van der Waals surface area contributed by atoms with E-state index in [1.54, 1.807) is 31.4 Å². The Bertz CT molecular complexity index is 960. The molecule has 2 aromatic heterocycles. The predicted octanol–water partition coefficient (Wildman–Crippen LogP) is 2.46. The predicted molar refractivity (Wildman–Crippen MR) is 123 cm³/mol. The van der Waals surface area contributed by atoms with Crippen LogP contribution < -0.4 is 16.0 Å². The first-order valence-electron chi connectivity index (χ1n) is 9.05. The molecule has 9 heteroatoms. The monoisotopic (exact) mass is 510 g/mol. The standard InChI is InChI=1S/C20H23FN6O.HI/c1-22-20(26-10-9-24-19(28)15-3-2-7-23-12-15)25-8-6-14-13-27-18-11-16(21)4-5-17(14)18;/h2-5,7,11-13,27H,6,8-10H2,1H3,(H,24,28)(H2,22,25,26);1H. The van der Waals surface area contributed by atoms with Gasteiger partial charge in [0.25, 0.3) is 5.91 Å². The van der Waals surface area contributed by atoms with Crippen LogP contribution in [0.1, 0.15) is 15.9 Å². The summed E-state index contributed by atoms with van der Waals surface area (Å²) in [5.41, 5.74) is 2.44. The minimum atomic E-state index is -0.251. The summed E-state index contributed by atoms with van der Waals surface area (Å²) in [7, 11) is 1.69. The summed E-state index contributed by atoms with van der Waals surface area (Å²) in [4.78, 5) is 23.1. The normalized spacial score (nSPS) is 11.0. The number of benzene rings is 1. The van der Waals surface area contributed by atoms with Gasteiger partial charge in [0.05, 0.1) is 5.56 Å². The number of nitrogens with one attached hydrogen (secondary N) is 4. The topological polar surface area (TPSA) is 94.2 Å². The van der Waals surface area contributed by atoms with E-state index in [9.17, 15) is 9.18 Å². The van der Waals surface area contributed by atoms with Crippen LogP contribution in [0.4, 0.5) is 4.39 Å². The van der Waals surface area contributed by atoms with Gasteiger partial charge in [-0.05, 0) is 42.3 Å². The van der Waals surface area contributed by atoms with Crippen molar-refractivity contribution in [1.82, 2.24) is 25.9 Å². The van der Waals surface area contributed by atoms with Crippen LogP contribution in [0.5, 0.6) is 0 Å². The van der Waals surface area contributed by atoms with Gasteiger partial charge in [0.2, 0.25) is 0 Å². The number of pyridine rings is 1. The summed E-state index contributed by atoms with van der Waals surface area (Å²) >= 11 is 0. The maximum Gasteiger partial charge on any atom is 0.252 e. The number of H-pyrrole nitrogens is 1. The van der Waals surface area contributed by atoms with E-state index in [1.165, 1.54) is 18.3 Å². The molecular formula is C20H24FIN6O. The van der Waals surface area contributed by atoms with Crippen molar-refractivity contribution in [3.63, 3.8) is 0 Å². The Hall–Kier alpha value is -2.69. The van der Waals surface area contributed by atoms with E-state index in [4.69, 9.17) is 0 Å². The molecule has 0 unspecified atom stereocenters. The molecule has 0 fully saturated rings. The number of aromatic amines is 1. The lowest BCUT2D eigenvalue weighted by molar-refractivity contribution is 0.0954. The third-order valence-electron chi connectivity index (χ3n) is 4.27. The fourth-order valence-electron chi connectivity index (χ4n) is 2.86. The molecule has 0 saturated carbocycles. The fraction of sp³-hybridized carbons (Fsp3) is 0.250. The number of fused-ring (bicyclic) bond motifs is 1. The molecule has 3 rings (SSSR count). The molecule has 29 heavy (non-hydrogen) atoms. The van der Waals surface area contributed by atoms with Crippen molar-refractivity contribution in [1.29, 1.82) is 0 Å². The molecule has 1 amide bonds. The number of hydrogen-bond donors (Lipinski definition) is 4. The van der Waals surface area contributed by atoms with Gasteiger partial charge in [-0.15, -0.1) is 24.0 Å². The molecule has 154 valence electrons. The van der Waals surface area contributed by atoms with Gasteiger partial charge in [-0.1, -0.05) is 0 Å². The number of nitrogens with zero attached hydrogens (tertiary/aromatic N) is 2. The summed E-state index contributed by atoms with van der Waals surface area (Å²) in [5, 5.41) is 10.2. The second-order valence-corrected chi connectivity index (χ2v) is 6.18. The van der Waals surface area contributed by atoms with E-state index in [-0.39, 0.29) is 35.7 Å². The average molecular weight is 510 g/mol. The van der Waals surface area contributed by atoms with Crippen LogP contribution in [0.3, 0.4) is 0 Å². The number of halogens is 2. The van der Waals surface area contributed by atoms with Gasteiger partial charge in [-0.2, -0.15) is 0 Å². The highest BCUT2D eigenvalue weighted by atomic mass is 127. The molecule has 0 aliphatic heterocycles. The Morgan fingerprint density at radius 2 is 1.97 bits per heavy atom. The number of carbonyl (C=O) groups is 1. The molecule has 3 aromatic rings. The summed E-state index contributed by atoms with van der Waals surface area (Å²) in [5.74, 6) is 0.245. The van der Waals surface area contributed by atoms with Gasteiger partial charge in [-0.3, -0.25) is 14.8 Å². The van der Waals surface area contributed by atoms with Crippen molar-refractivity contribution in [3.05, 3.63) is 65.9 Å². The van der Waals surface area contributed by atoms with E-state index in [1.807, 2.05) is 6.20 Å². The van der Waals surface area contributed by atoms with Gasteiger partial charge >= 0.3 is 0 Å². The fourth-order valence-corrected chi connectivity index (χ4v) is 2.86. The molecule has 0 aliphatic rings. The van der Waals surface area contributed by atoms with E-state index in [0.29, 0.717) is 31.2 Å². The molecule has 7 nitrogen and oxygen atoms in total. The van der Waals surface area contributed by atoms with E-state index >= 15 is 0 Å². The van der Waals surface area contributed by atoms with Crippen LogP contribution in [0, 0.1) is 5.82 Å². The van der Waals surface area contributed by atoms with Crippen molar-refractivity contribution in [2.24, 2.45) is 4.99 Å². The van der Waals surface area contributed by atoms with E-state index in [0.717, 1.165) is 22.9 Å². The Balaban J connectivity index is 0.00000300. The van der Waals surface area contributed by atoms with Crippen LogP contribution in [0.15, 0.2) is 53.9 Å². The summed E-state index contributed by atoms with van der Waals surface area (Å²) in [6.07, 6.45) is 5.82. The van der Waals surface area contributed by atoms with Gasteiger partial charge in [-0.25, -0.2) is 4.39 Å². The molecule has 0 bridgehead atoms. The molecule has 2 heterocycles. The highest BCUT2D eigenvalue weighted by Gasteiger charge is 2.06. The number of amides is 1. The van der Waals surface area contributed by atoms with Crippen LogP contribution >= 0.6 is 24.0 Å². The Labute approximate surface area is 185 Å². The first-order chi connectivity index (χ1) is 13.7. The van der Waals surface area contributed by atoms with Gasteiger partial charge < -0.3 is 20.9 Å². The second-order valence-electron chi connectivity index (χ2n) is 6.18. The Morgan fingerprint density at radius 3 is 2.72 bits per heavy atom. The second kappa shape index (κ2) is 11.3. The number of hydrogen-bond acceptors (Lipinski definition) is 3. The maximum atomic E-state index is 13.3. The zero-order chi connectivity index (χ0) is 19.8. The highest BCUT2D eigenvalue weighted by molar-refractivity contribution is 14.0. The minimum absolute atomic E-state index is 0. The first-order valence-corrected chi connectivity index (χ1v) is 9.05. The maximum absolute atomic E-state index is 13.3. The largest absolute Gasteiger partial charge is 0.361 e. The number of rotatable bonds is 7. The van der Waals surface area contributed by atoms with E-state index < -0.39 is 0 Å². The van der Waals surface area contributed by atoms with E-state index in [2.05, 4.69) is 30.9 Å². The SMILES string of the molecule is CN=C(NCCNC(=O)c1cccnc1)NCCc1c[nH]c2cc(F)ccc12.I. The van der Waals surface area contributed by atoms with Gasteiger partial charge in [0.1, 0.15) is 5.82 Å². The third-order valence-corrected chi connectivity index (χ3v) is 4.27. The number of aliphatic imine (C=N–C) groups is 1. The summed E-state index contributed by atoms with van der Waals surface area (Å²) in [6.45, 7) is 1.67. The highest BCUT2D eigenvalue weighted by Crippen LogP contribution is 2.19. The lowest BCUT2D eigenvalue weighted by Gasteiger charge is -2.12. The molecule has 0 spiro atoms. The van der Waals surface area contributed by atoms with Crippen molar-refractivity contribution in [2.45, 2.75) is 6.42 Å². The van der Waals surface area contributed by atoms with Crippen molar-refractivity contribution in [2.75, 3.05) is 26.7 Å². The zero-order valence-electron chi connectivity index (χ0n) is 16.0. The van der Waals surface area contributed by atoms with Crippen LogP contribution in [0.2, 0.25) is 0 Å². The lowest BCUT2D eigenvalue weighted by atomic mass is 10.1. The number of aromatic nitrogens is 2.